The lowest BCUT2D eigenvalue weighted by Crippen LogP contribution is -2.20. The first-order valence-electron chi connectivity index (χ1n) is 9.70. The zero-order valence-corrected chi connectivity index (χ0v) is 18.1. The van der Waals surface area contributed by atoms with E-state index in [0.29, 0.717) is 0 Å². The zero-order chi connectivity index (χ0) is 21.1. The van der Waals surface area contributed by atoms with Crippen LogP contribution in [0.4, 0.5) is 4.39 Å². The molecule has 4 aromatic rings. The van der Waals surface area contributed by atoms with Gasteiger partial charge in [0, 0.05) is 39.7 Å². The number of halogens is 2. The summed E-state index contributed by atoms with van der Waals surface area (Å²) in [4.78, 5) is 8.69. The Labute approximate surface area is 182 Å². The fourth-order valence-electron chi connectivity index (χ4n) is 3.49. The van der Waals surface area contributed by atoms with E-state index < -0.39 is 0 Å². The van der Waals surface area contributed by atoms with Crippen molar-refractivity contribution < 1.29 is 4.39 Å². The summed E-state index contributed by atoms with van der Waals surface area (Å²) in [5.74, 6) is -0.282. The van der Waals surface area contributed by atoms with Gasteiger partial charge in [-0.05, 0) is 58.2 Å². The smallest absolute Gasteiger partial charge is 0.123 e. The molecule has 0 unspecified atom stereocenters. The molecule has 0 amide bonds. The predicted molar refractivity (Wildman–Crippen MR) is 121 cm³/mol. The summed E-state index contributed by atoms with van der Waals surface area (Å²) < 4.78 is 16.0. The number of benzene rings is 1. The summed E-state index contributed by atoms with van der Waals surface area (Å²) in [6, 6.07) is 8.37. The highest BCUT2D eigenvalue weighted by molar-refractivity contribution is 9.10. The Morgan fingerprint density at radius 1 is 1.13 bits per heavy atom. The van der Waals surface area contributed by atoms with Crippen LogP contribution in [0.3, 0.4) is 0 Å². The van der Waals surface area contributed by atoms with E-state index in [2.05, 4.69) is 55.9 Å². The van der Waals surface area contributed by atoms with Crippen LogP contribution in [0.5, 0.6) is 0 Å². The molecule has 1 aromatic carbocycles. The van der Waals surface area contributed by atoms with Crippen LogP contribution in [-0.2, 0) is 0 Å². The highest BCUT2D eigenvalue weighted by atomic mass is 79.9. The molecule has 0 aliphatic heterocycles. The second kappa shape index (κ2) is 8.75. The largest absolute Gasteiger partial charge is 0.378 e. The molecule has 152 valence electrons. The van der Waals surface area contributed by atoms with Crippen molar-refractivity contribution >= 4 is 32.5 Å². The molecule has 7 heteroatoms. The van der Waals surface area contributed by atoms with Crippen LogP contribution in [0.2, 0.25) is 0 Å². The molecule has 0 aliphatic rings. The van der Waals surface area contributed by atoms with Gasteiger partial charge >= 0.3 is 0 Å². The highest BCUT2D eigenvalue weighted by Gasteiger charge is 2.16. The topological polar surface area (TPSA) is 55.6 Å². The van der Waals surface area contributed by atoms with E-state index in [-0.39, 0.29) is 11.9 Å². The number of nitrogens with one attached hydrogen (secondary N) is 1. The maximum Gasteiger partial charge on any atom is 0.123 e. The molecule has 30 heavy (non-hydrogen) atoms. The van der Waals surface area contributed by atoms with Crippen molar-refractivity contribution in [2.45, 2.75) is 25.8 Å². The van der Waals surface area contributed by atoms with E-state index in [0.717, 1.165) is 50.7 Å². The molecule has 5 nitrogen and oxygen atoms in total. The van der Waals surface area contributed by atoms with Gasteiger partial charge in [-0.3, -0.25) is 9.97 Å². The third kappa shape index (κ3) is 4.11. The molecular weight excluding hydrogens is 445 g/mol. The minimum Gasteiger partial charge on any atom is -0.378 e. The third-order valence-corrected chi connectivity index (χ3v) is 5.38. The van der Waals surface area contributed by atoms with Crippen LogP contribution in [0, 0.1) is 5.82 Å². The van der Waals surface area contributed by atoms with Gasteiger partial charge in [0.05, 0.1) is 29.6 Å². The van der Waals surface area contributed by atoms with Crippen LogP contribution in [0.1, 0.15) is 36.9 Å². The van der Waals surface area contributed by atoms with Gasteiger partial charge in [-0.25, -0.2) is 9.07 Å². The van der Waals surface area contributed by atoms with Crippen molar-refractivity contribution in [3.8, 4) is 5.69 Å². The number of nitrogens with zero attached hydrogens (tertiary/aromatic N) is 4. The Morgan fingerprint density at radius 3 is 2.63 bits per heavy atom. The number of rotatable bonds is 7. The molecule has 0 spiro atoms. The Morgan fingerprint density at radius 2 is 1.90 bits per heavy atom. The summed E-state index contributed by atoms with van der Waals surface area (Å²) in [7, 11) is 0. The first-order chi connectivity index (χ1) is 14.6. The molecule has 1 N–H and O–H groups in total. The van der Waals surface area contributed by atoms with Crippen LogP contribution >= 0.6 is 15.9 Å². The van der Waals surface area contributed by atoms with Gasteiger partial charge in [-0.2, -0.15) is 5.10 Å². The summed E-state index contributed by atoms with van der Waals surface area (Å²) >= 11 is 3.50. The summed E-state index contributed by atoms with van der Waals surface area (Å²) in [5.41, 5.74) is 4.34. The van der Waals surface area contributed by atoms with Crippen LogP contribution < -0.4 is 5.32 Å². The van der Waals surface area contributed by atoms with E-state index in [4.69, 9.17) is 0 Å². The first kappa shape index (κ1) is 20.2. The first-order valence-corrected chi connectivity index (χ1v) is 10.5. The SMILES string of the molecule is C=C(N[C@@H](CCC)c1cncc(Br)c1)c1cncc2c1cnn2-c1ccc(F)cc1. The lowest BCUT2D eigenvalue weighted by atomic mass is 10.0. The van der Waals surface area contributed by atoms with Crippen molar-refractivity contribution in [1.29, 1.82) is 0 Å². The standard InChI is InChI=1S/C23H21BrFN5/c1-3-4-22(16-9-17(24)11-26-10-16)29-15(2)20-12-27-14-23-21(20)13-28-30(23)19-7-5-18(25)6-8-19/h5-14,22,29H,2-4H2,1H3/t22-/m0/s1. The Kier molecular flexibility index (Phi) is 5.90. The summed E-state index contributed by atoms with van der Waals surface area (Å²) in [5, 5.41) is 8.96. The Hall–Kier alpha value is -3.06. The van der Waals surface area contributed by atoms with Crippen LogP contribution in [0.15, 0.2) is 72.4 Å². The normalized spacial score (nSPS) is 12.1. The van der Waals surface area contributed by atoms with Gasteiger partial charge in [0.15, 0.2) is 0 Å². The number of pyridine rings is 2. The average Bonchev–Trinajstić information content (AvgIpc) is 3.18. The molecular formula is C23H21BrFN5. The van der Waals surface area contributed by atoms with E-state index in [1.807, 2.05) is 6.20 Å². The maximum absolute atomic E-state index is 13.3. The minimum atomic E-state index is -0.282. The van der Waals surface area contributed by atoms with Gasteiger partial charge in [0.25, 0.3) is 0 Å². The molecule has 0 radical (unpaired) electrons. The van der Waals surface area contributed by atoms with Gasteiger partial charge in [-0.1, -0.05) is 19.9 Å². The van der Waals surface area contributed by atoms with E-state index in [9.17, 15) is 4.39 Å². The average molecular weight is 466 g/mol. The molecule has 0 saturated carbocycles. The Balaban J connectivity index is 1.67. The van der Waals surface area contributed by atoms with E-state index >= 15 is 0 Å². The molecule has 3 aromatic heterocycles. The number of aromatic nitrogens is 4. The van der Waals surface area contributed by atoms with Crippen molar-refractivity contribution in [2.24, 2.45) is 0 Å². The Bertz CT molecular complexity index is 1190. The lowest BCUT2D eigenvalue weighted by molar-refractivity contribution is 0.570. The highest BCUT2D eigenvalue weighted by Crippen LogP contribution is 2.28. The molecule has 4 rings (SSSR count). The molecule has 0 bridgehead atoms. The fourth-order valence-corrected chi connectivity index (χ4v) is 3.87. The van der Waals surface area contributed by atoms with Crippen LogP contribution in [-0.4, -0.2) is 19.7 Å². The van der Waals surface area contributed by atoms with Gasteiger partial charge < -0.3 is 5.32 Å². The second-order valence-electron chi connectivity index (χ2n) is 7.05. The van der Waals surface area contributed by atoms with Gasteiger partial charge in [0.1, 0.15) is 5.82 Å². The molecule has 0 saturated heterocycles. The fraction of sp³-hybridized carbons (Fsp3) is 0.174. The zero-order valence-electron chi connectivity index (χ0n) is 16.5. The quantitative estimate of drug-likeness (QED) is 0.373. The van der Waals surface area contributed by atoms with Gasteiger partial charge in [0.2, 0.25) is 0 Å². The van der Waals surface area contributed by atoms with Crippen LogP contribution in [0.25, 0.3) is 22.3 Å². The van der Waals surface area contributed by atoms with E-state index in [1.165, 1.54) is 12.1 Å². The summed E-state index contributed by atoms with van der Waals surface area (Å²) in [6.07, 6.45) is 10.9. The number of fused-ring (bicyclic) bond motifs is 1. The lowest BCUT2D eigenvalue weighted by Gasteiger charge is -2.21. The third-order valence-electron chi connectivity index (χ3n) is 4.95. The predicted octanol–water partition coefficient (Wildman–Crippen LogP) is 5.82. The monoisotopic (exact) mass is 465 g/mol. The number of hydrogen-bond donors (Lipinski definition) is 1. The summed E-state index contributed by atoms with van der Waals surface area (Å²) in [6.45, 7) is 6.42. The van der Waals surface area contributed by atoms with Crippen molar-refractivity contribution in [3.05, 3.63) is 89.3 Å². The maximum atomic E-state index is 13.3. The molecule has 0 aliphatic carbocycles. The molecule has 1 atom stereocenters. The van der Waals surface area contributed by atoms with Gasteiger partial charge in [-0.15, -0.1) is 0 Å². The van der Waals surface area contributed by atoms with Crippen molar-refractivity contribution in [1.82, 2.24) is 25.1 Å². The van der Waals surface area contributed by atoms with Crippen molar-refractivity contribution in [2.75, 3.05) is 0 Å². The second-order valence-corrected chi connectivity index (χ2v) is 7.97. The van der Waals surface area contributed by atoms with E-state index in [1.54, 1.807) is 41.6 Å². The van der Waals surface area contributed by atoms with Crippen molar-refractivity contribution in [3.63, 3.8) is 0 Å². The number of hydrogen-bond acceptors (Lipinski definition) is 4. The molecule has 3 heterocycles. The minimum absolute atomic E-state index is 0.0786. The molecule has 0 fully saturated rings.